The third-order valence-corrected chi connectivity index (χ3v) is 6.22. The number of fused-ring (bicyclic) bond motifs is 1. The molecule has 0 atom stereocenters. The van der Waals surface area contributed by atoms with Crippen molar-refractivity contribution in [1.82, 2.24) is 0 Å². The number of benzene rings is 2. The van der Waals surface area contributed by atoms with Gasteiger partial charge in [-0.2, -0.15) is 0 Å². The number of carbonyl (C=O) groups excluding carboxylic acids is 2. The van der Waals surface area contributed by atoms with Crippen molar-refractivity contribution in [2.75, 3.05) is 11.4 Å². The third-order valence-electron chi connectivity index (χ3n) is 4.38. The Morgan fingerprint density at radius 2 is 1.77 bits per heavy atom. The van der Waals surface area contributed by atoms with E-state index in [0.29, 0.717) is 17.7 Å². The van der Waals surface area contributed by atoms with E-state index in [4.69, 9.17) is 4.84 Å². The molecule has 0 saturated heterocycles. The lowest BCUT2D eigenvalue weighted by Gasteiger charge is -2.30. The first-order valence-corrected chi connectivity index (χ1v) is 9.43. The van der Waals surface area contributed by atoms with E-state index < -0.39 is 15.8 Å². The molecule has 0 N–H and O–H groups in total. The van der Waals surface area contributed by atoms with Crippen LogP contribution in [-0.2, 0) is 19.5 Å². The first-order chi connectivity index (χ1) is 12.4. The van der Waals surface area contributed by atoms with Gasteiger partial charge >= 0.3 is 5.97 Å². The van der Waals surface area contributed by atoms with Gasteiger partial charge in [0.2, 0.25) is 9.84 Å². The van der Waals surface area contributed by atoms with E-state index in [-0.39, 0.29) is 33.5 Å². The third kappa shape index (κ3) is 2.33. The Morgan fingerprint density at radius 3 is 2.54 bits per heavy atom. The highest BCUT2D eigenvalue weighted by Gasteiger charge is 2.39. The molecule has 0 radical (unpaired) electrons. The van der Waals surface area contributed by atoms with E-state index in [2.05, 4.69) is 5.16 Å². The van der Waals surface area contributed by atoms with Gasteiger partial charge in [-0.1, -0.05) is 29.4 Å². The maximum atomic E-state index is 13.2. The molecule has 0 aromatic heterocycles. The number of amides is 1. The number of nitrogens with zero attached hydrogens (tertiary/aromatic N) is 2. The van der Waals surface area contributed by atoms with Crippen molar-refractivity contribution >= 4 is 33.1 Å². The van der Waals surface area contributed by atoms with Gasteiger partial charge in [0, 0.05) is 25.5 Å². The van der Waals surface area contributed by atoms with Crippen molar-refractivity contribution in [2.24, 2.45) is 5.16 Å². The summed E-state index contributed by atoms with van der Waals surface area (Å²) in [5, 5.41) is 3.84. The molecule has 26 heavy (non-hydrogen) atoms. The summed E-state index contributed by atoms with van der Waals surface area (Å²) in [4.78, 5) is 30.3. The summed E-state index contributed by atoms with van der Waals surface area (Å²) < 4.78 is 26.3. The van der Waals surface area contributed by atoms with Crippen LogP contribution in [0.1, 0.15) is 29.3 Å². The van der Waals surface area contributed by atoms with Gasteiger partial charge in [-0.05, 0) is 18.2 Å². The Labute approximate surface area is 149 Å². The Balaban J connectivity index is 2.02. The fourth-order valence-electron chi connectivity index (χ4n) is 3.27. The maximum Gasteiger partial charge on any atom is 0.331 e. The molecule has 2 aromatic carbocycles. The van der Waals surface area contributed by atoms with E-state index in [0.717, 1.165) is 0 Å². The number of hydrogen-bond acceptors (Lipinski definition) is 6. The summed E-state index contributed by atoms with van der Waals surface area (Å²) in [6, 6.07) is 10.9. The predicted molar refractivity (Wildman–Crippen MR) is 92.9 cm³/mol. The molecule has 7 nitrogen and oxygen atoms in total. The molecular formula is C18H14N2O5S. The second kappa shape index (κ2) is 5.77. The average molecular weight is 370 g/mol. The van der Waals surface area contributed by atoms with E-state index in [9.17, 15) is 18.0 Å². The highest BCUT2D eigenvalue weighted by molar-refractivity contribution is 7.91. The Bertz CT molecular complexity index is 1090. The minimum Gasteiger partial charge on any atom is -0.318 e. The Kier molecular flexibility index (Phi) is 3.66. The molecule has 0 fully saturated rings. The van der Waals surface area contributed by atoms with Gasteiger partial charge in [0.05, 0.1) is 26.8 Å². The van der Waals surface area contributed by atoms with Gasteiger partial charge in [-0.3, -0.25) is 4.79 Å². The molecule has 0 saturated carbocycles. The van der Waals surface area contributed by atoms with Crippen molar-refractivity contribution in [3.8, 4) is 0 Å². The number of hydrogen-bond donors (Lipinski definition) is 0. The average Bonchev–Trinajstić information content (AvgIpc) is 2.70. The highest BCUT2D eigenvalue weighted by Crippen LogP contribution is 2.41. The molecule has 0 unspecified atom stereocenters. The molecule has 2 heterocycles. The van der Waals surface area contributed by atoms with Crippen molar-refractivity contribution < 1.29 is 22.8 Å². The van der Waals surface area contributed by atoms with Crippen molar-refractivity contribution in [3.05, 3.63) is 53.6 Å². The van der Waals surface area contributed by atoms with Crippen LogP contribution >= 0.6 is 0 Å². The fourth-order valence-corrected chi connectivity index (χ4v) is 4.95. The van der Waals surface area contributed by atoms with Crippen LogP contribution in [0.2, 0.25) is 0 Å². The largest absolute Gasteiger partial charge is 0.331 e. The number of carbonyl (C=O) groups is 2. The SMILES string of the molecule is CC(=O)O/N=C1/CCN2C(=O)c3ccccc3S(=O)(=O)c3cccc1c32. The Morgan fingerprint density at radius 1 is 1.08 bits per heavy atom. The van der Waals surface area contributed by atoms with E-state index in [1.807, 2.05) is 0 Å². The molecule has 0 aliphatic carbocycles. The van der Waals surface area contributed by atoms with Gasteiger partial charge < -0.3 is 9.74 Å². The number of rotatable bonds is 1. The van der Waals surface area contributed by atoms with E-state index in [1.165, 1.54) is 30.0 Å². The number of para-hydroxylation sites is 1. The minimum absolute atomic E-state index is 0.00808. The minimum atomic E-state index is -3.88. The van der Waals surface area contributed by atoms with Crippen LogP contribution in [0.15, 0.2) is 57.4 Å². The van der Waals surface area contributed by atoms with Crippen molar-refractivity contribution in [1.29, 1.82) is 0 Å². The lowest BCUT2D eigenvalue weighted by Crippen LogP contribution is -2.37. The standard InChI is InChI=1S/C18H14N2O5S/c1-11(21)25-19-14-9-10-20-17-12(14)6-4-8-16(17)26(23,24)15-7-3-2-5-13(15)18(20)22/h2-8H,9-10H2,1H3/b19-14-. The first kappa shape index (κ1) is 16.5. The summed E-state index contributed by atoms with van der Waals surface area (Å²) >= 11 is 0. The van der Waals surface area contributed by atoms with Crippen LogP contribution in [0.5, 0.6) is 0 Å². The van der Waals surface area contributed by atoms with Gasteiger partial charge in [0.25, 0.3) is 5.91 Å². The normalized spacial score (nSPS) is 18.7. The van der Waals surface area contributed by atoms with Gasteiger partial charge in [0.15, 0.2) is 0 Å². The zero-order valence-electron chi connectivity index (χ0n) is 13.8. The molecular weight excluding hydrogens is 356 g/mol. The molecule has 0 spiro atoms. The summed E-state index contributed by atoms with van der Waals surface area (Å²) in [6.07, 6.45) is 0.345. The lowest BCUT2D eigenvalue weighted by atomic mass is 9.98. The van der Waals surface area contributed by atoms with Gasteiger partial charge in [-0.25, -0.2) is 13.2 Å². The smallest absolute Gasteiger partial charge is 0.318 e. The second-order valence-electron chi connectivity index (χ2n) is 5.98. The molecule has 8 heteroatoms. The number of sulfone groups is 1. The lowest BCUT2D eigenvalue weighted by molar-refractivity contribution is -0.140. The fraction of sp³-hybridized carbons (Fsp3) is 0.167. The van der Waals surface area contributed by atoms with Crippen LogP contribution in [-0.4, -0.2) is 32.6 Å². The summed E-state index contributed by atoms with van der Waals surface area (Å²) in [5.41, 5.74) is 1.34. The quantitative estimate of drug-likeness (QED) is 0.566. The van der Waals surface area contributed by atoms with Gasteiger partial charge in [0.1, 0.15) is 0 Å². The first-order valence-electron chi connectivity index (χ1n) is 7.95. The van der Waals surface area contributed by atoms with E-state index >= 15 is 0 Å². The van der Waals surface area contributed by atoms with Crippen LogP contribution in [0.4, 0.5) is 5.69 Å². The zero-order valence-corrected chi connectivity index (χ0v) is 14.6. The van der Waals surface area contributed by atoms with Crippen LogP contribution in [0, 0.1) is 0 Å². The summed E-state index contributed by atoms with van der Waals surface area (Å²) in [6.45, 7) is 1.47. The number of anilines is 1. The van der Waals surface area contributed by atoms with Crippen LogP contribution in [0.3, 0.4) is 0 Å². The molecule has 4 rings (SSSR count). The molecule has 0 bridgehead atoms. The molecule has 132 valence electrons. The molecule has 2 aliphatic heterocycles. The second-order valence-corrected chi connectivity index (χ2v) is 7.87. The van der Waals surface area contributed by atoms with Crippen LogP contribution < -0.4 is 4.90 Å². The van der Waals surface area contributed by atoms with Gasteiger partial charge in [-0.15, -0.1) is 0 Å². The number of oxime groups is 1. The topological polar surface area (TPSA) is 93.1 Å². The zero-order chi connectivity index (χ0) is 18.5. The van der Waals surface area contributed by atoms with Crippen molar-refractivity contribution in [2.45, 2.75) is 23.1 Å². The predicted octanol–water partition coefficient (Wildman–Crippen LogP) is 2.15. The molecule has 2 aromatic rings. The van der Waals surface area contributed by atoms with E-state index in [1.54, 1.807) is 24.3 Å². The highest BCUT2D eigenvalue weighted by atomic mass is 32.2. The Hall–Kier alpha value is -3.00. The maximum absolute atomic E-state index is 13.2. The monoisotopic (exact) mass is 370 g/mol. The summed E-state index contributed by atoms with van der Waals surface area (Å²) in [5.74, 6) is -0.944. The molecule has 2 aliphatic rings. The van der Waals surface area contributed by atoms with Crippen molar-refractivity contribution in [3.63, 3.8) is 0 Å². The molecule has 1 amide bonds. The van der Waals surface area contributed by atoms with Crippen LogP contribution in [0.25, 0.3) is 0 Å². The summed E-state index contributed by atoms with van der Waals surface area (Å²) in [7, 11) is -3.88.